The summed E-state index contributed by atoms with van der Waals surface area (Å²) in [5, 5.41) is 3.02. The quantitative estimate of drug-likeness (QED) is 0.343. The standard InChI is InChI=1S/C23H22F4N4S/c1-32-18-10-4-15(5-11-18)13-28-21-20(24)22(30-14-29-21)31-12-2-3-19(31)16-6-8-17(9-7-16)23(25,26)27/h4-11,14,19H,2-3,12-13H2,1H3,(H,28,29,30). The van der Waals surface area contributed by atoms with Crippen molar-refractivity contribution in [2.75, 3.05) is 23.0 Å². The van der Waals surface area contributed by atoms with E-state index in [9.17, 15) is 13.2 Å². The summed E-state index contributed by atoms with van der Waals surface area (Å²) in [7, 11) is 0. The van der Waals surface area contributed by atoms with Gasteiger partial charge in [0.2, 0.25) is 5.82 Å². The predicted octanol–water partition coefficient (Wildman–Crippen LogP) is 6.31. The van der Waals surface area contributed by atoms with Crippen LogP contribution in [0, 0.1) is 5.82 Å². The lowest BCUT2D eigenvalue weighted by atomic mass is 10.0. The van der Waals surface area contributed by atoms with Gasteiger partial charge in [0.15, 0.2) is 11.6 Å². The van der Waals surface area contributed by atoms with Crippen molar-refractivity contribution in [2.24, 2.45) is 0 Å². The first-order valence-corrected chi connectivity index (χ1v) is 11.4. The summed E-state index contributed by atoms with van der Waals surface area (Å²) < 4.78 is 53.9. The van der Waals surface area contributed by atoms with E-state index < -0.39 is 17.6 Å². The molecule has 0 saturated carbocycles. The van der Waals surface area contributed by atoms with E-state index in [2.05, 4.69) is 15.3 Å². The van der Waals surface area contributed by atoms with Gasteiger partial charge < -0.3 is 10.2 Å². The molecule has 1 unspecified atom stereocenters. The van der Waals surface area contributed by atoms with Gasteiger partial charge in [-0.3, -0.25) is 0 Å². The smallest absolute Gasteiger partial charge is 0.363 e. The van der Waals surface area contributed by atoms with Gasteiger partial charge in [-0.2, -0.15) is 17.6 Å². The van der Waals surface area contributed by atoms with E-state index in [-0.39, 0.29) is 17.7 Å². The molecule has 1 aromatic heterocycles. The van der Waals surface area contributed by atoms with Gasteiger partial charge >= 0.3 is 6.18 Å². The van der Waals surface area contributed by atoms with Gasteiger partial charge in [-0.1, -0.05) is 24.3 Å². The number of hydrogen-bond acceptors (Lipinski definition) is 5. The van der Waals surface area contributed by atoms with Crippen molar-refractivity contribution in [1.82, 2.24) is 9.97 Å². The number of anilines is 2. The molecule has 3 aromatic rings. The third-order valence-corrected chi connectivity index (χ3v) is 6.28. The maximum absolute atomic E-state index is 15.3. The highest BCUT2D eigenvalue weighted by atomic mass is 32.2. The SMILES string of the molecule is CSc1ccc(CNc2ncnc(N3CCCC3c3ccc(C(F)(F)F)cc3)c2F)cc1. The van der Waals surface area contributed by atoms with E-state index in [0.717, 1.165) is 29.0 Å². The third kappa shape index (κ3) is 4.82. The summed E-state index contributed by atoms with van der Waals surface area (Å²) >= 11 is 1.65. The fourth-order valence-corrected chi connectivity index (χ4v) is 4.28. The summed E-state index contributed by atoms with van der Waals surface area (Å²) in [4.78, 5) is 11.1. The van der Waals surface area contributed by atoms with E-state index in [1.54, 1.807) is 16.7 Å². The van der Waals surface area contributed by atoms with Crippen molar-refractivity contribution < 1.29 is 17.6 Å². The van der Waals surface area contributed by atoms with Gasteiger partial charge in [0.25, 0.3) is 0 Å². The summed E-state index contributed by atoms with van der Waals surface area (Å²) in [6.45, 7) is 0.972. The fraction of sp³-hybridized carbons (Fsp3) is 0.304. The van der Waals surface area contributed by atoms with Crippen molar-refractivity contribution in [3.05, 3.63) is 77.4 Å². The largest absolute Gasteiger partial charge is 0.416 e. The van der Waals surface area contributed by atoms with Crippen molar-refractivity contribution in [3.8, 4) is 0 Å². The number of rotatable bonds is 6. The van der Waals surface area contributed by atoms with Crippen LogP contribution in [0.5, 0.6) is 0 Å². The Morgan fingerprint density at radius 2 is 1.78 bits per heavy atom. The molecule has 0 bridgehead atoms. The Morgan fingerprint density at radius 1 is 1.06 bits per heavy atom. The number of benzene rings is 2. The normalized spacial score (nSPS) is 16.4. The lowest BCUT2D eigenvalue weighted by molar-refractivity contribution is -0.137. The van der Waals surface area contributed by atoms with Crippen molar-refractivity contribution in [2.45, 2.75) is 36.5 Å². The van der Waals surface area contributed by atoms with Crippen LogP contribution in [0.25, 0.3) is 0 Å². The first kappa shape index (κ1) is 22.4. The Bertz CT molecular complexity index is 1060. The van der Waals surface area contributed by atoms with Crippen LogP contribution in [-0.4, -0.2) is 22.8 Å². The highest BCUT2D eigenvalue weighted by molar-refractivity contribution is 7.98. The monoisotopic (exact) mass is 462 g/mol. The van der Waals surface area contributed by atoms with Crippen LogP contribution < -0.4 is 10.2 Å². The second kappa shape index (κ2) is 9.36. The van der Waals surface area contributed by atoms with E-state index in [1.807, 2.05) is 30.5 Å². The number of thioether (sulfide) groups is 1. The zero-order valence-corrected chi connectivity index (χ0v) is 18.2. The lowest BCUT2D eigenvalue weighted by Crippen LogP contribution is -2.25. The maximum Gasteiger partial charge on any atom is 0.416 e. The predicted molar refractivity (Wildman–Crippen MR) is 118 cm³/mol. The molecule has 32 heavy (non-hydrogen) atoms. The molecule has 4 nitrogen and oxygen atoms in total. The number of alkyl halides is 3. The molecule has 9 heteroatoms. The molecule has 1 fully saturated rings. The van der Waals surface area contributed by atoms with Gasteiger partial charge in [-0.25, -0.2) is 9.97 Å². The molecule has 2 aromatic carbocycles. The molecular weight excluding hydrogens is 440 g/mol. The third-order valence-electron chi connectivity index (χ3n) is 5.54. The van der Waals surface area contributed by atoms with Crippen LogP contribution in [0.2, 0.25) is 0 Å². The summed E-state index contributed by atoms with van der Waals surface area (Å²) in [5.74, 6) is -0.309. The molecule has 1 saturated heterocycles. The van der Waals surface area contributed by atoms with E-state index >= 15 is 4.39 Å². The molecule has 0 radical (unpaired) electrons. The molecule has 1 aliphatic rings. The molecule has 1 aliphatic heterocycles. The zero-order chi connectivity index (χ0) is 22.7. The van der Waals surface area contributed by atoms with Crippen molar-refractivity contribution >= 4 is 23.4 Å². The van der Waals surface area contributed by atoms with E-state index in [0.29, 0.717) is 25.1 Å². The molecule has 1 atom stereocenters. The average Bonchev–Trinajstić information content (AvgIpc) is 3.28. The second-order valence-corrected chi connectivity index (χ2v) is 8.41. The summed E-state index contributed by atoms with van der Waals surface area (Å²) in [6, 6.07) is 12.8. The molecule has 0 amide bonds. The highest BCUT2D eigenvalue weighted by Crippen LogP contribution is 2.38. The Hall–Kier alpha value is -2.81. The highest BCUT2D eigenvalue weighted by Gasteiger charge is 2.33. The van der Waals surface area contributed by atoms with Crippen LogP contribution in [0.3, 0.4) is 0 Å². The number of nitrogens with zero attached hydrogens (tertiary/aromatic N) is 3. The number of aromatic nitrogens is 2. The van der Waals surface area contributed by atoms with Crippen LogP contribution in [0.15, 0.2) is 59.8 Å². The van der Waals surface area contributed by atoms with Gasteiger partial charge in [0.1, 0.15) is 6.33 Å². The molecule has 1 N–H and O–H groups in total. The fourth-order valence-electron chi connectivity index (χ4n) is 3.87. The van der Waals surface area contributed by atoms with Gasteiger partial charge in [-0.05, 0) is 54.5 Å². The number of halogens is 4. The Morgan fingerprint density at radius 3 is 2.44 bits per heavy atom. The van der Waals surface area contributed by atoms with Crippen LogP contribution >= 0.6 is 11.8 Å². The van der Waals surface area contributed by atoms with Gasteiger partial charge in [0.05, 0.1) is 11.6 Å². The molecule has 0 aliphatic carbocycles. The molecular formula is C23H22F4N4S. The molecule has 2 heterocycles. The topological polar surface area (TPSA) is 41.1 Å². The van der Waals surface area contributed by atoms with Gasteiger partial charge in [0, 0.05) is 18.0 Å². The van der Waals surface area contributed by atoms with Crippen LogP contribution in [0.4, 0.5) is 29.2 Å². The first-order chi connectivity index (χ1) is 15.4. The maximum atomic E-state index is 15.3. The van der Waals surface area contributed by atoms with Crippen molar-refractivity contribution in [3.63, 3.8) is 0 Å². The van der Waals surface area contributed by atoms with Crippen LogP contribution in [-0.2, 0) is 12.7 Å². The average molecular weight is 463 g/mol. The number of nitrogens with one attached hydrogen (secondary N) is 1. The molecule has 168 valence electrons. The zero-order valence-electron chi connectivity index (χ0n) is 17.4. The van der Waals surface area contributed by atoms with Crippen molar-refractivity contribution in [1.29, 1.82) is 0 Å². The summed E-state index contributed by atoms with van der Waals surface area (Å²) in [5.41, 5.74) is 0.999. The minimum atomic E-state index is -4.39. The Balaban J connectivity index is 1.52. The minimum Gasteiger partial charge on any atom is -0.363 e. The number of hydrogen-bond donors (Lipinski definition) is 1. The summed E-state index contributed by atoms with van der Waals surface area (Å²) in [6.07, 6.45) is 0.420. The van der Waals surface area contributed by atoms with E-state index in [4.69, 9.17) is 0 Å². The van der Waals surface area contributed by atoms with Gasteiger partial charge in [-0.15, -0.1) is 11.8 Å². The first-order valence-electron chi connectivity index (χ1n) is 10.2. The Kier molecular flexibility index (Phi) is 6.55. The molecule has 4 rings (SSSR count). The molecule has 0 spiro atoms. The minimum absolute atomic E-state index is 0.0991. The Labute approximate surface area is 188 Å². The van der Waals surface area contributed by atoms with Crippen LogP contribution in [0.1, 0.15) is 35.6 Å². The second-order valence-electron chi connectivity index (χ2n) is 7.53. The van der Waals surface area contributed by atoms with E-state index in [1.165, 1.54) is 18.5 Å². The lowest BCUT2D eigenvalue weighted by Gasteiger charge is -2.27.